The van der Waals surface area contributed by atoms with Crippen LogP contribution in [0.5, 0.6) is 0 Å². The number of aryl methyl sites for hydroxylation is 2. The number of rotatable bonds is 2. The maximum absolute atomic E-state index is 6.02. The zero-order valence-electron chi connectivity index (χ0n) is 10.5. The molecule has 0 aliphatic rings. The first-order valence-corrected chi connectivity index (χ1v) is 5.61. The lowest BCUT2D eigenvalue weighted by Crippen LogP contribution is -2.07. The van der Waals surface area contributed by atoms with Gasteiger partial charge in [0, 0.05) is 29.9 Å². The standard InChI is InChI=1S/C13H17N5/c1-8-9(11(14)4-6-13(15)16)3-5-12-10(8)7-18(2)17-12/h3-7H,14-16H2,1-2H3/b11-4-. The Bertz CT molecular complexity index is 645. The molecule has 6 N–H and O–H groups in total. The normalized spacial score (nSPS) is 11.8. The quantitative estimate of drug-likeness (QED) is 0.684. The summed E-state index contributed by atoms with van der Waals surface area (Å²) in [5.74, 6) is 0.234. The highest BCUT2D eigenvalue weighted by molar-refractivity contribution is 5.87. The third-order valence-electron chi connectivity index (χ3n) is 2.84. The van der Waals surface area contributed by atoms with Crippen LogP contribution in [0.3, 0.4) is 0 Å². The fourth-order valence-corrected chi connectivity index (χ4v) is 1.94. The molecule has 0 fully saturated rings. The van der Waals surface area contributed by atoms with Gasteiger partial charge in [0.25, 0.3) is 0 Å². The van der Waals surface area contributed by atoms with E-state index < -0.39 is 0 Å². The van der Waals surface area contributed by atoms with Crippen molar-refractivity contribution < 1.29 is 0 Å². The molecule has 5 nitrogen and oxygen atoms in total. The van der Waals surface area contributed by atoms with Gasteiger partial charge in [-0.05, 0) is 30.7 Å². The highest BCUT2D eigenvalue weighted by Gasteiger charge is 2.07. The van der Waals surface area contributed by atoms with Crippen LogP contribution < -0.4 is 17.2 Å². The van der Waals surface area contributed by atoms with Crippen LogP contribution in [0.4, 0.5) is 0 Å². The van der Waals surface area contributed by atoms with E-state index in [0.717, 1.165) is 22.0 Å². The molecule has 0 aliphatic heterocycles. The zero-order valence-corrected chi connectivity index (χ0v) is 10.5. The van der Waals surface area contributed by atoms with Crippen LogP contribution in [0.15, 0.2) is 36.3 Å². The first-order chi connectivity index (χ1) is 8.49. The van der Waals surface area contributed by atoms with Gasteiger partial charge in [-0.15, -0.1) is 0 Å². The van der Waals surface area contributed by atoms with E-state index in [1.807, 2.05) is 32.3 Å². The summed E-state index contributed by atoms with van der Waals surface area (Å²) in [4.78, 5) is 0. The lowest BCUT2D eigenvalue weighted by Gasteiger charge is -2.06. The Hall–Kier alpha value is -2.43. The van der Waals surface area contributed by atoms with Crippen molar-refractivity contribution in [2.24, 2.45) is 24.2 Å². The van der Waals surface area contributed by atoms with E-state index in [1.165, 1.54) is 0 Å². The van der Waals surface area contributed by atoms with Gasteiger partial charge in [-0.3, -0.25) is 4.68 Å². The number of hydrogen-bond acceptors (Lipinski definition) is 4. The molecular weight excluding hydrogens is 226 g/mol. The largest absolute Gasteiger partial charge is 0.398 e. The van der Waals surface area contributed by atoms with Gasteiger partial charge in [-0.2, -0.15) is 5.10 Å². The molecule has 0 saturated heterocycles. The van der Waals surface area contributed by atoms with E-state index in [0.29, 0.717) is 5.70 Å². The molecule has 1 aromatic heterocycles. The van der Waals surface area contributed by atoms with Gasteiger partial charge in [0.1, 0.15) is 0 Å². The van der Waals surface area contributed by atoms with Crippen LogP contribution in [-0.4, -0.2) is 9.78 Å². The molecule has 0 radical (unpaired) electrons. The molecule has 0 amide bonds. The molecule has 5 heteroatoms. The van der Waals surface area contributed by atoms with Crippen molar-refractivity contribution in [1.82, 2.24) is 9.78 Å². The van der Waals surface area contributed by atoms with Crippen LogP contribution in [0.1, 0.15) is 11.1 Å². The monoisotopic (exact) mass is 243 g/mol. The summed E-state index contributed by atoms with van der Waals surface area (Å²) in [6.07, 6.45) is 5.27. The summed E-state index contributed by atoms with van der Waals surface area (Å²) in [6, 6.07) is 3.91. The molecule has 1 aromatic carbocycles. The Morgan fingerprint density at radius 3 is 2.61 bits per heavy atom. The predicted octanol–water partition coefficient (Wildman–Crippen LogP) is 0.940. The van der Waals surface area contributed by atoms with Crippen LogP contribution in [0, 0.1) is 6.92 Å². The molecule has 0 atom stereocenters. The topological polar surface area (TPSA) is 95.9 Å². The van der Waals surface area contributed by atoms with Crippen LogP contribution in [-0.2, 0) is 7.05 Å². The second-order valence-electron chi connectivity index (χ2n) is 4.26. The number of hydrogen-bond donors (Lipinski definition) is 3. The summed E-state index contributed by atoms with van der Waals surface area (Å²) in [7, 11) is 1.90. The summed E-state index contributed by atoms with van der Waals surface area (Å²) in [5.41, 5.74) is 20.4. The summed E-state index contributed by atoms with van der Waals surface area (Å²) < 4.78 is 1.79. The molecule has 0 aliphatic carbocycles. The van der Waals surface area contributed by atoms with Crippen molar-refractivity contribution in [2.75, 3.05) is 0 Å². The SMILES string of the molecule is Cc1c(/C(N)=C/C=C(N)N)ccc2nn(C)cc12. The Morgan fingerprint density at radius 1 is 1.22 bits per heavy atom. The smallest absolute Gasteiger partial charge is 0.0934 e. The number of allylic oxidation sites excluding steroid dienone is 2. The van der Waals surface area contributed by atoms with Gasteiger partial charge in [-0.25, -0.2) is 0 Å². The molecule has 2 rings (SSSR count). The molecule has 0 unspecified atom stereocenters. The van der Waals surface area contributed by atoms with Crippen molar-refractivity contribution in [3.63, 3.8) is 0 Å². The molecule has 0 saturated carbocycles. The van der Waals surface area contributed by atoms with Crippen molar-refractivity contribution in [3.05, 3.63) is 47.4 Å². The van der Waals surface area contributed by atoms with E-state index in [2.05, 4.69) is 5.10 Å². The lowest BCUT2D eigenvalue weighted by atomic mass is 10.0. The Kier molecular flexibility index (Phi) is 2.97. The molecule has 0 bridgehead atoms. The van der Waals surface area contributed by atoms with Crippen molar-refractivity contribution >= 4 is 16.6 Å². The molecule has 0 spiro atoms. The first kappa shape index (κ1) is 12.0. The van der Waals surface area contributed by atoms with Crippen molar-refractivity contribution in [2.45, 2.75) is 6.92 Å². The number of fused-ring (bicyclic) bond motifs is 1. The van der Waals surface area contributed by atoms with Crippen LogP contribution >= 0.6 is 0 Å². The third-order valence-corrected chi connectivity index (χ3v) is 2.84. The summed E-state index contributed by atoms with van der Waals surface area (Å²) in [6.45, 7) is 2.02. The van der Waals surface area contributed by atoms with Gasteiger partial charge >= 0.3 is 0 Å². The number of aromatic nitrogens is 2. The van der Waals surface area contributed by atoms with Gasteiger partial charge in [0.2, 0.25) is 0 Å². The molecule has 2 aromatic rings. The van der Waals surface area contributed by atoms with E-state index in [-0.39, 0.29) is 5.82 Å². The maximum atomic E-state index is 6.02. The first-order valence-electron chi connectivity index (χ1n) is 5.61. The van der Waals surface area contributed by atoms with Gasteiger partial charge < -0.3 is 17.2 Å². The average molecular weight is 243 g/mol. The van der Waals surface area contributed by atoms with E-state index in [4.69, 9.17) is 17.2 Å². The van der Waals surface area contributed by atoms with E-state index in [9.17, 15) is 0 Å². The van der Waals surface area contributed by atoms with Crippen LogP contribution in [0.25, 0.3) is 16.6 Å². The van der Waals surface area contributed by atoms with Gasteiger partial charge in [-0.1, -0.05) is 6.07 Å². The minimum atomic E-state index is 0.234. The molecule has 94 valence electrons. The van der Waals surface area contributed by atoms with E-state index in [1.54, 1.807) is 16.8 Å². The highest BCUT2D eigenvalue weighted by atomic mass is 15.2. The zero-order chi connectivity index (χ0) is 13.3. The maximum Gasteiger partial charge on any atom is 0.0934 e. The second kappa shape index (κ2) is 4.44. The Balaban J connectivity index is 2.55. The van der Waals surface area contributed by atoms with E-state index >= 15 is 0 Å². The lowest BCUT2D eigenvalue weighted by molar-refractivity contribution is 0.779. The van der Waals surface area contributed by atoms with Crippen LogP contribution in [0.2, 0.25) is 0 Å². The third kappa shape index (κ3) is 2.15. The molecule has 1 heterocycles. The second-order valence-corrected chi connectivity index (χ2v) is 4.26. The summed E-state index contributed by atoms with van der Waals surface area (Å²) >= 11 is 0. The summed E-state index contributed by atoms with van der Waals surface area (Å²) in [5, 5.41) is 5.45. The number of nitrogens with two attached hydrogens (primary N) is 3. The molecule has 18 heavy (non-hydrogen) atoms. The highest BCUT2D eigenvalue weighted by Crippen LogP contribution is 2.23. The fraction of sp³-hybridized carbons (Fsp3) is 0.154. The molecular formula is C13H17N5. The predicted molar refractivity (Wildman–Crippen MR) is 74.1 cm³/mol. The minimum absolute atomic E-state index is 0.234. The van der Waals surface area contributed by atoms with Crippen molar-refractivity contribution in [1.29, 1.82) is 0 Å². The average Bonchev–Trinajstić information content (AvgIpc) is 2.68. The Labute approximate surface area is 106 Å². The number of benzene rings is 1. The van der Waals surface area contributed by atoms with Gasteiger partial charge in [0.05, 0.1) is 11.3 Å². The number of nitrogens with zero attached hydrogens (tertiary/aromatic N) is 2. The van der Waals surface area contributed by atoms with Crippen molar-refractivity contribution in [3.8, 4) is 0 Å². The Morgan fingerprint density at radius 2 is 1.94 bits per heavy atom. The minimum Gasteiger partial charge on any atom is -0.398 e. The fourth-order valence-electron chi connectivity index (χ4n) is 1.94. The van der Waals surface area contributed by atoms with Gasteiger partial charge in [0.15, 0.2) is 0 Å².